The van der Waals surface area contributed by atoms with E-state index < -0.39 is 5.97 Å². The highest BCUT2D eigenvalue weighted by molar-refractivity contribution is 7.09. The van der Waals surface area contributed by atoms with Gasteiger partial charge in [0, 0.05) is 44.5 Å². The van der Waals surface area contributed by atoms with Gasteiger partial charge in [-0.15, -0.1) is 11.3 Å². The van der Waals surface area contributed by atoms with Crippen molar-refractivity contribution in [1.82, 2.24) is 4.98 Å². The highest BCUT2D eigenvalue weighted by Crippen LogP contribution is 2.37. The summed E-state index contributed by atoms with van der Waals surface area (Å²) in [6, 6.07) is 0. The van der Waals surface area contributed by atoms with E-state index in [0.29, 0.717) is 26.2 Å². The van der Waals surface area contributed by atoms with Crippen molar-refractivity contribution < 1.29 is 19.4 Å². The van der Waals surface area contributed by atoms with Gasteiger partial charge in [-0.1, -0.05) is 0 Å². The molecule has 0 bridgehead atoms. The Morgan fingerprint density at radius 3 is 2.95 bits per heavy atom. The summed E-state index contributed by atoms with van der Waals surface area (Å²) in [6.07, 6.45) is 2.22. The summed E-state index contributed by atoms with van der Waals surface area (Å²) in [4.78, 5) is 15.2. The van der Waals surface area contributed by atoms with Crippen LogP contribution in [0.4, 0.5) is 0 Å². The molecule has 5 nitrogen and oxygen atoms in total. The summed E-state index contributed by atoms with van der Waals surface area (Å²) in [5.41, 5.74) is 0.507. The Morgan fingerprint density at radius 2 is 2.32 bits per heavy atom. The van der Waals surface area contributed by atoms with Gasteiger partial charge >= 0.3 is 5.97 Å². The molecule has 0 amide bonds. The Hall–Kier alpha value is -0.980. The van der Waals surface area contributed by atoms with Crippen LogP contribution in [0.15, 0.2) is 5.38 Å². The van der Waals surface area contributed by atoms with Crippen molar-refractivity contribution in [3.8, 4) is 0 Å². The molecule has 2 rings (SSSR count). The van der Waals surface area contributed by atoms with Crippen LogP contribution in [0, 0.1) is 0 Å². The van der Waals surface area contributed by atoms with Gasteiger partial charge < -0.3 is 14.6 Å². The first-order valence-electron chi connectivity index (χ1n) is 6.54. The van der Waals surface area contributed by atoms with E-state index in [4.69, 9.17) is 14.6 Å². The molecule has 0 unspecified atom stereocenters. The molecule has 6 heteroatoms. The van der Waals surface area contributed by atoms with E-state index in [1.54, 1.807) is 11.3 Å². The number of aryl methyl sites for hydroxylation is 1. The van der Waals surface area contributed by atoms with E-state index in [9.17, 15) is 4.79 Å². The second kappa shape index (κ2) is 6.45. The summed E-state index contributed by atoms with van der Waals surface area (Å²) >= 11 is 1.56. The largest absolute Gasteiger partial charge is 0.481 e. The normalized spacial score (nSPS) is 18.4. The van der Waals surface area contributed by atoms with Gasteiger partial charge in [-0.2, -0.15) is 0 Å². The van der Waals surface area contributed by atoms with Gasteiger partial charge in [-0.05, 0) is 6.92 Å². The zero-order chi connectivity index (χ0) is 13.7. The van der Waals surface area contributed by atoms with Gasteiger partial charge in [0.1, 0.15) is 10.6 Å². The van der Waals surface area contributed by atoms with E-state index in [2.05, 4.69) is 4.98 Å². The number of carboxylic acids is 1. The van der Waals surface area contributed by atoms with Crippen LogP contribution in [-0.2, 0) is 26.3 Å². The molecule has 1 aromatic heterocycles. The minimum Gasteiger partial charge on any atom is -0.481 e. The van der Waals surface area contributed by atoms with Crippen LogP contribution in [0.5, 0.6) is 0 Å². The molecule has 1 fully saturated rings. The molecule has 0 aromatic carbocycles. The monoisotopic (exact) mass is 285 g/mol. The number of rotatable bonds is 6. The molecule has 1 aromatic rings. The minimum absolute atomic E-state index is 0.119. The van der Waals surface area contributed by atoms with Gasteiger partial charge in [0.25, 0.3) is 0 Å². The predicted molar refractivity (Wildman–Crippen MR) is 71.4 cm³/mol. The summed E-state index contributed by atoms with van der Waals surface area (Å²) in [7, 11) is 0. The number of carboxylic acid groups (broad SMARTS) is 1. The minimum atomic E-state index is -0.792. The van der Waals surface area contributed by atoms with E-state index in [0.717, 1.165) is 23.5 Å². The highest BCUT2D eigenvalue weighted by atomic mass is 32.1. The fourth-order valence-electron chi connectivity index (χ4n) is 2.26. The lowest BCUT2D eigenvalue weighted by molar-refractivity contribution is -0.136. The Morgan fingerprint density at radius 1 is 1.58 bits per heavy atom. The summed E-state index contributed by atoms with van der Waals surface area (Å²) in [5.74, 6) is -0.792. The molecular formula is C13H19NO4S. The van der Waals surface area contributed by atoms with Gasteiger partial charge in [0.05, 0.1) is 12.1 Å². The van der Waals surface area contributed by atoms with Crippen molar-refractivity contribution in [3.05, 3.63) is 16.1 Å². The van der Waals surface area contributed by atoms with Crippen LogP contribution in [0.2, 0.25) is 0 Å². The van der Waals surface area contributed by atoms with Crippen molar-refractivity contribution in [2.45, 2.75) is 38.2 Å². The number of nitrogens with zero attached hydrogens (tertiary/aromatic N) is 1. The molecule has 0 radical (unpaired) electrons. The van der Waals surface area contributed by atoms with Gasteiger partial charge in [-0.3, -0.25) is 4.79 Å². The van der Waals surface area contributed by atoms with E-state index in [1.807, 2.05) is 12.3 Å². The summed E-state index contributed by atoms with van der Waals surface area (Å²) in [5, 5.41) is 11.6. The van der Waals surface area contributed by atoms with Crippen molar-refractivity contribution in [2.24, 2.45) is 0 Å². The fraction of sp³-hybridized carbons (Fsp3) is 0.692. The molecule has 1 N–H and O–H groups in total. The quantitative estimate of drug-likeness (QED) is 0.867. The lowest BCUT2D eigenvalue weighted by Crippen LogP contribution is -2.36. The maximum atomic E-state index is 10.6. The average molecular weight is 285 g/mol. The molecule has 0 atom stereocenters. The number of aliphatic carboxylic acids is 1. The smallest absolute Gasteiger partial charge is 0.303 e. The molecule has 19 heavy (non-hydrogen) atoms. The summed E-state index contributed by atoms with van der Waals surface area (Å²) < 4.78 is 11.3. The maximum absolute atomic E-state index is 10.6. The third-order valence-electron chi connectivity index (χ3n) is 3.26. The number of thiazole rings is 1. The Balaban J connectivity index is 2.11. The van der Waals surface area contributed by atoms with Crippen molar-refractivity contribution in [3.63, 3.8) is 0 Å². The lowest BCUT2D eigenvalue weighted by atomic mass is 9.95. The zero-order valence-electron chi connectivity index (χ0n) is 11.1. The first-order chi connectivity index (χ1) is 9.16. The molecule has 0 spiro atoms. The predicted octanol–water partition coefficient (Wildman–Crippen LogP) is 2.20. The topological polar surface area (TPSA) is 68.7 Å². The van der Waals surface area contributed by atoms with Crippen LogP contribution >= 0.6 is 11.3 Å². The number of aromatic nitrogens is 1. The van der Waals surface area contributed by atoms with E-state index >= 15 is 0 Å². The van der Waals surface area contributed by atoms with Gasteiger partial charge in [0.2, 0.25) is 0 Å². The summed E-state index contributed by atoms with van der Waals surface area (Å²) in [6.45, 7) is 3.99. The van der Waals surface area contributed by atoms with Crippen LogP contribution < -0.4 is 0 Å². The van der Waals surface area contributed by atoms with Crippen LogP contribution in [0.3, 0.4) is 0 Å². The molecule has 0 saturated carbocycles. The van der Waals surface area contributed by atoms with E-state index in [-0.39, 0.29) is 12.0 Å². The molecule has 1 saturated heterocycles. The van der Waals surface area contributed by atoms with Gasteiger partial charge in [-0.25, -0.2) is 4.98 Å². The molecule has 1 aliphatic rings. The maximum Gasteiger partial charge on any atom is 0.303 e. The number of hydrogen-bond acceptors (Lipinski definition) is 5. The third kappa shape index (κ3) is 3.52. The highest BCUT2D eigenvalue weighted by Gasteiger charge is 2.37. The van der Waals surface area contributed by atoms with E-state index in [1.165, 1.54) is 0 Å². The Labute approximate surface area is 116 Å². The second-order valence-corrected chi connectivity index (χ2v) is 5.44. The molecule has 0 aliphatic carbocycles. The first-order valence-corrected chi connectivity index (χ1v) is 7.42. The number of ether oxygens (including phenoxy) is 2. The van der Waals surface area contributed by atoms with Crippen molar-refractivity contribution in [1.29, 1.82) is 0 Å². The van der Waals surface area contributed by atoms with Crippen molar-refractivity contribution >= 4 is 17.3 Å². The second-order valence-electron chi connectivity index (χ2n) is 4.58. The van der Waals surface area contributed by atoms with Crippen LogP contribution in [-0.4, -0.2) is 35.9 Å². The standard InChI is InChI=1S/C13H19NO4S/c1-2-18-13(5-7-17-8-6-13)12-14-10(9-19-12)3-4-11(15)16/h9H,2-8H2,1H3,(H,15,16). The molecular weight excluding hydrogens is 266 g/mol. The van der Waals surface area contributed by atoms with Crippen LogP contribution in [0.25, 0.3) is 0 Å². The molecule has 1 aliphatic heterocycles. The molecule has 2 heterocycles. The number of hydrogen-bond donors (Lipinski definition) is 1. The SMILES string of the molecule is CCOC1(c2nc(CCC(=O)O)cs2)CCOCC1. The fourth-order valence-corrected chi connectivity index (χ4v) is 3.33. The first kappa shape index (κ1) is 14.4. The molecule has 106 valence electrons. The zero-order valence-corrected chi connectivity index (χ0v) is 11.9. The Bertz CT molecular complexity index is 421. The Kier molecular flexibility index (Phi) is 4.90. The van der Waals surface area contributed by atoms with Crippen molar-refractivity contribution in [2.75, 3.05) is 19.8 Å². The average Bonchev–Trinajstić information content (AvgIpc) is 2.87. The number of carbonyl (C=O) groups is 1. The van der Waals surface area contributed by atoms with Gasteiger partial charge in [0.15, 0.2) is 0 Å². The lowest BCUT2D eigenvalue weighted by Gasteiger charge is -2.35. The van der Waals surface area contributed by atoms with Crippen LogP contribution in [0.1, 0.15) is 36.9 Å². The third-order valence-corrected chi connectivity index (χ3v) is 4.33.